The summed E-state index contributed by atoms with van der Waals surface area (Å²) >= 11 is 5.91. The second-order valence-electron chi connectivity index (χ2n) is 7.40. The molecule has 2 heterocycles. The quantitative estimate of drug-likeness (QED) is 0.350. The molecule has 32 heavy (non-hydrogen) atoms. The van der Waals surface area contributed by atoms with E-state index in [0.29, 0.717) is 30.3 Å². The lowest BCUT2D eigenvalue weighted by molar-refractivity contribution is 0.0949. The zero-order chi connectivity index (χ0) is 22.2. The Morgan fingerprint density at radius 2 is 1.81 bits per heavy atom. The van der Waals surface area contributed by atoms with Crippen LogP contribution in [0.1, 0.15) is 29.2 Å². The van der Waals surface area contributed by atoms with Crippen LogP contribution in [0.3, 0.4) is 0 Å². The number of amides is 1. The first-order valence-corrected chi connectivity index (χ1v) is 11.1. The standard InChI is InChI=1S/C25H25ClN4O2/c26-19-10-12-20(13-11-19)32-18-6-5-17-30-23-9-2-1-7-21(23)29-24(30)14-16-28-25(31)22-8-3-4-15-27-22/h1-4,7-13,15H,5-6,14,16-18H2,(H,28,31). The summed E-state index contributed by atoms with van der Waals surface area (Å²) in [5, 5.41) is 3.64. The van der Waals surface area contributed by atoms with E-state index in [1.165, 1.54) is 0 Å². The molecule has 0 atom stereocenters. The number of nitrogens with zero attached hydrogens (tertiary/aromatic N) is 3. The van der Waals surface area contributed by atoms with Crippen LogP contribution in [0.25, 0.3) is 11.0 Å². The van der Waals surface area contributed by atoms with Crippen LogP contribution in [0.4, 0.5) is 0 Å². The van der Waals surface area contributed by atoms with Gasteiger partial charge >= 0.3 is 0 Å². The van der Waals surface area contributed by atoms with Crippen LogP contribution >= 0.6 is 11.6 Å². The van der Waals surface area contributed by atoms with Gasteiger partial charge in [-0.2, -0.15) is 0 Å². The Balaban J connectivity index is 1.32. The molecule has 0 unspecified atom stereocenters. The summed E-state index contributed by atoms with van der Waals surface area (Å²) in [7, 11) is 0. The van der Waals surface area contributed by atoms with Gasteiger partial charge in [-0.1, -0.05) is 29.8 Å². The number of unbranched alkanes of at least 4 members (excludes halogenated alkanes) is 1. The van der Waals surface area contributed by atoms with E-state index < -0.39 is 0 Å². The summed E-state index contributed by atoms with van der Waals surface area (Å²) in [6, 6.07) is 20.8. The van der Waals surface area contributed by atoms with Gasteiger partial charge in [0.2, 0.25) is 0 Å². The molecule has 4 aromatic rings. The minimum absolute atomic E-state index is 0.174. The fourth-order valence-electron chi connectivity index (χ4n) is 3.53. The molecule has 0 fully saturated rings. The summed E-state index contributed by atoms with van der Waals surface area (Å²) < 4.78 is 8.04. The lowest BCUT2D eigenvalue weighted by Crippen LogP contribution is -2.27. The Bertz CT molecular complexity index is 1160. The van der Waals surface area contributed by atoms with Crippen LogP contribution < -0.4 is 10.1 Å². The third-order valence-electron chi connectivity index (χ3n) is 5.12. The smallest absolute Gasteiger partial charge is 0.269 e. The minimum atomic E-state index is -0.174. The summed E-state index contributed by atoms with van der Waals surface area (Å²) in [5.41, 5.74) is 2.50. The molecule has 2 aromatic heterocycles. The molecule has 0 bridgehead atoms. The molecule has 0 saturated carbocycles. The predicted octanol–water partition coefficient (Wildman–Crippen LogP) is 4.92. The second kappa shape index (κ2) is 10.8. The number of pyridine rings is 1. The summed E-state index contributed by atoms with van der Waals surface area (Å²) in [5.74, 6) is 1.62. The van der Waals surface area contributed by atoms with Gasteiger partial charge < -0.3 is 14.6 Å². The molecular weight excluding hydrogens is 424 g/mol. The van der Waals surface area contributed by atoms with Crippen LogP contribution in [0.5, 0.6) is 5.75 Å². The first kappa shape index (κ1) is 21.8. The van der Waals surface area contributed by atoms with Crippen LogP contribution in [-0.2, 0) is 13.0 Å². The molecule has 0 aliphatic carbocycles. The van der Waals surface area contributed by atoms with Crippen molar-refractivity contribution in [2.45, 2.75) is 25.8 Å². The minimum Gasteiger partial charge on any atom is -0.494 e. The molecule has 1 N–H and O–H groups in total. The normalized spacial score (nSPS) is 10.9. The SMILES string of the molecule is O=C(NCCc1nc2ccccc2n1CCCCOc1ccc(Cl)cc1)c1ccccn1. The molecule has 0 spiro atoms. The zero-order valence-electron chi connectivity index (χ0n) is 17.7. The average Bonchev–Trinajstić information content (AvgIpc) is 3.18. The summed E-state index contributed by atoms with van der Waals surface area (Å²) in [6.45, 7) is 1.98. The third-order valence-corrected chi connectivity index (χ3v) is 5.38. The molecular formula is C25H25ClN4O2. The van der Waals surface area contributed by atoms with Crippen molar-refractivity contribution in [1.82, 2.24) is 19.9 Å². The number of carbonyl (C=O) groups excluding carboxylic acids is 1. The van der Waals surface area contributed by atoms with Crippen molar-refractivity contribution in [1.29, 1.82) is 0 Å². The summed E-state index contributed by atoms with van der Waals surface area (Å²) in [6.07, 6.45) is 4.14. The monoisotopic (exact) mass is 448 g/mol. The zero-order valence-corrected chi connectivity index (χ0v) is 18.5. The van der Waals surface area contributed by atoms with E-state index in [2.05, 4.69) is 20.9 Å². The Hall–Kier alpha value is -3.38. The van der Waals surface area contributed by atoms with Crippen molar-refractivity contribution in [2.75, 3.05) is 13.2 Å². The number of carbonyl (C=O) groups is 1. The predicted molar refractivity (Wildman–Crippen MR) is 126 cm³/mol. The number of ether oxygens (including phenoxy) is 1. The van der Waals surface area contributed by atoms with Gasteiger partial charge in [-0.15, -0.1) is 0 Å². The van der Waals surface area contributed by atoms with Crippen molar-refractivity contribution in [2.24, 2.45) is 0 Å². The Kier molecular flexibility index (Phi) is 7.35. The van der Waals surface area contributed by atoms with E-state index in [-0.39, 0.29) is 5.91 Å². The maximum absolute atomic E-state index is 12.2. The number of para-hydroxylation sites is 2. The molecule has 2 aromatic carbocycles. The highest BCUT2D eigenvalue weighted by Gasteiger charge is 2.11. The first-order chi connectivity index (χ1) is 15.7. The highest BCUT2D eigenvalue weighted by Crippen LogP contribution is 2.18. The van der Waals surface area contributed by atoms with Gasteiger partial charge in [0, 0.05) is 30.7 Å². The molecule has 4 rings (SSSR count). The van der Waals surface area contributed by atoms with Crippen molar-refractivity contribution >= 4 is 28.5 Å². The molecule has 0 radical (unpaired) electrons. The average molecular weight is 449 g/mol. The number of nitrogens with one attached hydrogen (secondary N) is 1. The molecule has 0 saturated heterocycles. The highest BCUT2D eigenvalue weighted by atomic mass is 35.5. The van der Waals surface area contributed by atoms with Crippen LogP contribution in [0.15, 0.2) is 72.9 Å². The Morgan fingerprint density at radius 3 is 2.62 bits per heavy atom. The number of fused-ring (bicyclic) bond motifs is 1. The maximum Gasteiger partial charge on any atom is 0.269 e. The lowest BCUT2D eigenvalue weighted by atomic mass is 10.2. The van der Waals surface area contributed by atoms with Gasteiger partial charge in [-0.25, -0.2) is 4.98 Å². The number of imidazole rings is 1. The van der Waals surface area contributed by atoms with E-state index in [1.807, 2.05) is 42.5 Å². The fraction of sp³-hybridized carbons (Fsp3) is 0.240. The van der Waals surface area contributed by atoms with Crippen LogP contribution in [0, 0.1) is 0 Å². The van der Waals surface area contributed by atoms with Gasteiger partial charge in [0.1, 0.15) is 17.3 Å². The van der Waals surface area contributed by atoms with Gasteiger partial charge in [-0.3, -0.25) is 9.78 Å². The number of halogens is 1. The number of rotatable bonds is 10. The Labute approximate surface area is 192 Å². The van der Waals surface area contributed by atoms with Crippen molar-refractivity contribution in [3.05, 3.63) is 89.5 Å². The maximum atomic E-state index is 12.2. The van der Waals surface area contributed by atoms with Crippen LogP contribution in [-0.4, -0.2) is 33.6 Å². The van der Waals surface area contributed by atoms with Gasteiger partial charge in [-0.05, 0) is 61.4 Å². The van der Waals surface area contributed by atoms with Gasteiger partial charge in [0.25, 0.3) is 5.91 Å². The topological polar surface area (TPSA) is 69.0 Å². The molecule has 6 nitrogen and oxygen atoms in total. The molecule has 164 valence electrons. The molecule has 7 heteroatoms. The Morgan fingerprint density at radius 1 is 1.00 bits per heavy atom. The fourth-order valence-corrected chi connectivity index (χ4v) is 3.66. The van der Waals surface area contributed by atoms with Crippen molar-refractivity contribution < 1.29 is 9.53 Å². The van der Waals surface area contributed by atoms with Gasteiger partial charge in [0.15, 0.2) is 0 Å². The molecule has 1 amide bonds. The van der Waals surface area contributed by atoms with E-state index >= 15 is 0 Å². The first-order valence-electron chi connectivity index (χ1n) is 10.7. The van der Waals surface area contributed by atoms with E-state index in [9.17, 15) is 4.79 Å². The molecule has 0 aliphatic rings. The number of hydrogen-bond acceptors (Lipinski definition) is 4. The lowest BCUT2D eigenvalue weighted by Gasteiger charge is -2.11. The number of hydrogen-bond donors (Lipinski definition) is 1. The summed E-state index contributed by atoms with van der Waals surface area (Å²) in [4.78, 5) is 21.1. The van der Waals surface area contributed by atoms with E-state index in [1.54, 1.807) is 24.4 Å². The number of aromatic nitrogens is 3. The largest absolute Gasteiger partial charge is 0.494 e. The highest BCUT2D eigenvalue weighted by molar-refractivity contribution is 6.30. The number of aryl methyl sites for hydroxylation is 1. The van der Waals surface area contributed by atoms with Crippen LogP contribution in [0.2, 0.25) is 5.02 Å². The van der Waals surface area contributed by atoms with Crippen molar-refractivity contribution in [3.63, 3.8) is 0 Å². The molecule has 0 aliphatic heterocycles. The van der Waals surface area contributed by atoms with E-state index in [4.69, 9.17) is 21.3 Å². The third kappa shape index (κ3) is 5.65. The van der Waals surface area contributed by atoms with E-state index in [0.717, 1.165) is 42.0 Å². The number of benzene rings is 2. The van der Waals surface area contributed by atoms with Gasteiger partial charge in [0.05, 0.1) is 17.6 Å². The van der Waals surface area contributed by atoms with Crippen molar-refractivity contribution in [3.8, 4) is 5.75 Å². The second-order valence-corrected chi connectivity index (χ2v) is 7.84.